The van der Waals surface area contributed by atoms with Crippen molar-refractivity contribution >= 4 is 27.7 Å². The molecule has 0 saturated heterocycles. The van der Waals surface area contributed by atoms with Crippen molar-refractivity contribution in [3.63, 3.8) is 0 Å². The van der Waals surface area contributed by atoms with Gasteiger partial charge in [-0.2, -0.15) is 5.26 Å². The Morgan fingerprint density at radius 3 is 2.65 bits per heavy atom. The van der Waals surface area contributed by atoms with E-state index in [0.29, 0.717) is 36.0 Å². The highest BCUT2D eigenvalue weighted by molar-refractivity contribution is 9.10. The summed E-state index contributed by atoms with van der Waals surface area (Å²) in [5.41, 5.74) is 1.79. The number of nitrogens with zero attached hydrogens (tertiary/aromatic N) is 4. The summed E-state index contributed by atoms with van der Waals surface area (Å²) in [6, 6.07) is 13.2. The number of carbonyl (C=O) groups is 1. The van der Waals surface area contributed by atoms with Gasteiger partial charge >= 0.3 is 0 Å². The Morgan fingerprint density at radius 1 is 1.23 bits per heavy atom. The van der Waals surface area contributed by atoms with Gasteiger partial charge in [-0.05, 0) is 50.1 Å². The van der Waals surface area contributed by atoms with E-state index >= 15 is 0 Å². The van der Waals surface area contributed by atoms with E-state index in [2.05, 4.69) is 36.2 Å². The number of nitrogens with one attached hydrogen (secondary N) is 1. The van der Waals surface area contributed by atoms with E-state index in [1.165, 1.54) is 6.20 Å². The number of carbonyl (C=O) groups excluding carboxylic acids is 1. The van der Waals surface area contributed by atoms with E-state index in [1.54, 1.807) is 18.3 Å². The quantitative estimate of drug-likeness (QED) is 0.573. The normalized spacial score (nSPS) is 19.4. The first-order valence-corrected chi connectivity index (χ1v) is 10.6. The molecule has 2 atom stereocenters. The monoisotopic (exact) mass is 477 g/mol. The third-order valence-electron chi connectivity index (χ3n) is 5.49. The van der Waals surface area contributed by atoms with Crippen LogP contribution in [0, 0.1) is 31.1 Å². The SMILES string of the molecule is Cc1ncc(OC[C@@]2(c3ccc(Br)cc3)C[C@H]2C(=O)Nc2ccc(C#N)cn2)c(C)n1. The molecular weight excluding hydrogens is 458 g/mol. The van der Waals surface area contributed by atoms with Crippen LogP contribution in [-0.4, -0.2) is 27.5 Å². The zero-order chi connectivity index (χ0) is 22.0. The van der Waals surface area contributed by atoms with Gasteiger partial charge in [0.25, 0.3) is 0 Å². The number of pyridine rings is 1. The van der Waals surface area contributed by atoms with Crippen LogP contribution in [0.25, 0.3) is 0 Å². The van der Waals surface area contributed by atoms with Crippen LogP contribution in [0.4, 0.5) is 5.82 Å². The second kappa shape index (κ2) is 8.44. The lowest BCUT2D eigenvalue weighted by atomic mass is 9.93. The van der Waals surface area contributed by atoms with E-state index in [0.717, 1.165) is 15.7 Å². The maximum absolute atomic E-state index is 13.0. The van der Waals surface area contributed by atoms with E-state index in [4.69, 9.17) is 10.00 Å². The fraction of sp³-hybridized carbons (Fsp3) is 0.261. The minimum Gasteiger partial charge on any atom is -0.489 e. The first-order chi connectivity index (χ1) is 14.9. The Labute approximate surface area is 188 Å². The summed E-state index contributed by atoms with van der Waals surface area (Å²) in [6.07, 6.45) is 3.77. The number of nitriles is 1. The zero-order valence-electron chi connectivity index (χ0n) is 17.1. The Morgan fingerprint density at radius 2 is 2.00 bits per heavy atom. The Hall–Kier alpha value is -3.31. The van der Waals surface area contributed by atoms with Gasteiger partial charge in [-0.3, -0.25) is 4.79 Å². The van der Waals surface area contributed by atoms with E-state index in [-0.39, 0.29) is 11.8 Å². The number of hydrogen-bond donors (Lipinski definition) is 1. The molecule has 7 nitrogen and oxygen atoms in total. The highest BCUT2D eigenvalue weighted by Gasteiger charge is 2.60. The predicted molar refractivity (Wildman–Crippen MR) is 119 cm³/mol. The van der Waals surface area contributed by atoms with Crippen molar-refractivity contribution in [1.29, 1.82) is 5.26 Å². The number of anilines is 1. The lowest BCUT2D eigenvalue weighted by molar-refractivity contribution is -0.117. The summed E-state index contributed by atoms with van der Waals surface area (Å²) in [7, 11) is 0. The molecule has 2 heterocycles. The second-order valence-corrected chi connectivity index (χ2v) is 8.52. The fourth-order valence-electron chi connectivity index (χ4n) is 3.66. The number of aromatic nitrogens is 3. The van der Waals surface area contributed by atoms with Crippen molar-refractivity contribution in [3.05, 3.63) is 75.9 Å². The average Bonchev–Trinajstić information content (AvgIpc) is 3.50. The van der Waals surface area contributed by atoms with Crippen LogP contribution < -0.4 is 10.1 Å². The standard InChI is InChI=1S/C23H20BrN5O2/c1-14-20(12-26-15(2)28-14)31-13-23(17-4-6-18(24)7-5-17)9-19(23)22(30)29-21-8-3-16(10-25)11-27-21/h3-8,11-12,19H,9,13H2,1-2H3,(H,27,29,30)/t19-,23+/m0/s1. The van der Waals surface area contributed by atoms with Crippen LogP contribution in [0.5, 0.6) is 5.75 Å². The molecule has 0 radical (unpaired) electrons. The van der Waals surface area contributed by atoms with Crippen LogP contribution in [0.1, 0.15) is 29.1 Å². The molecule has 156 valence electrons. The molecule has 1 aliphatic carbocycles. The minimum atomic E-state index is -0.450. The van der Waals surface area contributed by atoms with Crippen LogP contribution in [0.2, 0.25) is 0 Å². The highest BCUT2D eigenvalue weighted by Crippen LogP contribution is 2.55. The van der Waals surface area contributed by atoms with E-state index in [9.17, 15) is 4.79 Å². The molecule has 1 aliphatic rings. The molecule has 0 bridgehead atoms. The first-order valence-electron chi connectivity index (χ1n) is 9.77. The maximum atomic E-state index is 13.0. The summed E-state index contributed by atoms with van der Waals surface area (Å²) < 4.78 is 7.07. The molecule has 8 heteroatoms. The van der Waals surface area contributed by atoms with Gasteiger partial charge in [-0.15, -0.1) is 0 Å². The molecular formula is C23H20BrN5O2. The molecule has 1 aromatic carbocycles. The molecule has 1 fully saturated rings. The second-order valence-electron chi connectivity index (χ2n) is 7.61. The third-order valence-corrected chi connectivity index (χ3v) is 6.02. The smallest absolute Gasteiger partial charge is 0.229 e. The summed E-state index contributed by atoms with van der Waals surface area (Å²) in [5.74, 6) is 1.33. The first kappa shape index (κ1) is 20.9. The van der Waals surface area contributed by atoms with Crippen molar-refractivity contribution in [3.8, 4) is 11.8 Å². The van der Waals surface area contributed by atoms with Crippen LogP contribution in [0.15, 0.2) is 53.3 Å². The summed E-state index contributed by atoms with van der Waals surface area (Å²) >= 11 is 3.47. The molecule has 1 amide bonds. The van der Waals surface area contributed by atoms with Gasteiger partial charge in [-0.1, -0.05) is 28.1 Å². The van der Waals surface area contributed by atoms with Crippen molar-refractivity contribution in [1.82, 2.24) is 15.0 Å². The number of halogens is 1. The number of amides is 1. The number of rotatable bonds is 6. The van der Waals surface area contributed by atoms with Crippen LogP contribution in [-0.2, 0) is 10.2 Å². The molecule has 3 aromatic rings. The zero-order valence-corrected chi connectivity index (χ0v) is 18.7. The van der Waals surface area contributed by atoms with E-state index in [1.807, 2.05) is 44.2 Å². The molecule has 2 aromatic heterocycles. The van der Waals surface area contributed by atoms with Crippen molar-refractivity contribution in [2.45, 2.75) is 25.7 Å². The van der Waals surface area contributed by atoms with Gasteiger partial charge in [0.15, 0.2) is 5.75 Å². The highest BCUT2D eigenvalue weighted by atomic mass is 79.9. The molecule has 0 spiro atoms. The Balaban J connectivity index is 1.54. The molecule has 0 aliphatic heterocycles. The Kier molecular flexibility index (Phi) is 5.70. The van der Waals surface area contributed by atoms with Crippen molar-refractivity contribution in [2.75, 3.05) is 11.9 Å². The number of benzene rings is 1. The van der Waals surface area contributed by atoms with Gasteiger partial charge < -0.3 is 10.1 Å². The lowest BCUT2D eigenvalue weighted by Crippen LogP contribution is -2.27. The van der Waals surface area contributed by atoms with Gasteiger partial charge in [0.05, 0.1) is 30.0 Å². The fourth-order valence-corrected chi connectivity index (χ4v) is 3.92. The average molecular weight is 478 g/mol. The molecule has 1 N–H and O–H groups in total. The number of ether oxygens (including phenoxy) is 1. The predicted octanol–water partition coefficient (Wildman–Crippen LogP) is 4.10. The molecule has 1 saturated carbocycles. The molecule has 4 rings (SSSR count). The van der Waals surface area contributed by atoms with Gasteiger partial charge in [0.2, 0.25) is 5.91 Å². The topological polar surface area (TPSA) is 101 Å². The van der Waals surface area contributed by atoms with Crippen molar-refractivity contribution in [2.24, 2.45) is 5.92 Å². The molecule has 0 unspecified atom stereocenters. The number of hydrogen-bond acceptors (Lipinski definition) is 6. The molecule has 31 heavy (non-hydrogen) atoms. The summed E-state index contributed by atoms with van der Waals surface area (Å²) in [6.45, 7) is 4.04. The maximum Gasteiger partial charge on any atom is 0.229 e. The van der Waals surface area contributed by atoms with Gasteiger partial charge in [0.1, 0.15) is 17.7 Å². The largest absolute Gasteiger partial charge is 0.489 e. The lowest BCUT2D eigenvalue weighted by Gasteiger charge is -2.20. The van der Waals surface area contributed by atoms with Crippen LogP contribution in [0.3, 0.4) is 0 Å². The number of aryl methyl sites for hydroxylation is 2. The van der Waals surface area contributed by atoms with E-state index < -0.39 is 5.41 Å². The summed E-state index contributed by atoms with van der Waals surface area (Å²) in [4.78, 5) is 25.7. The van der Waals surface area contributed by atoms with Crippen molar-refractivity contribution < 1.29 is 9.53 Å². The van der Waals surface area contributed by atoms with Gasteiger partial charge in [0, 0.05) is 16.1 Å². The Bertz CT molecular complexity index is 1160. The third kappa shape index (κ3) is 4.42. The minimum absolute atomic E-state index is 0.124. The van der Waals surface area contributed by atoms with Gasteiger partial charge in [-0.25, -0.2) is 15.0 Å². The summed E-state index contributed by atoms with van der Waals surface area (Å²) in [5, 5.41) is 11.8. The van der Waals surface area contributed by atoms with Crippen LogP contribution >= 0.6 is 15.9 Å².